The van der Waals surface area contributed by atoms with Gasteiger partial charge in [0.1, 0.15) is 0 Å². The molecule has 0 atom stereocenters. The van der Waals surface area contributed by atoms with Gasteiger partial charge in [0.05, 0.1) is 5.69 Å². The molecule has 0 radical (unpaired) electrons. The SMILES string of the molecule is CCCCCCCCc1cnc(-c2ccc(-c3ccc(CCC)cn3)cc2)nc1. The summed E-state index contributed by atoms with van der Waals surface area (Å²) >= 11 is 0. The molecule has 0 amide bonds. The highest BCUT2D eigenvalue weighted by Gasteiger charge is 2.04. The second-order valence-corrected chi connectivity index (χ2v) is 7.81. The quantitative estimate of drug-likeness (QED) is 0.330. The molecule has 3 rings (SSSR count). The molecule has 0 spiro atoms. The van der Waals surface area contributed by atoms with E-state index in [0.717, 1.165) is 41.9 Å². The van der Waals surface area contributed by atoms with E-state index in [1.807, 2.05) is 18.6 Å². The molecule has 0 aliphatic heterocycles. The van der Waals surface area contributed by atoms with Crippen LogP contribution >= 0.6 is 0 Å². The first-order valence-electron chi connectivity index (χ1n) is 11.2. The van der Waals surface area contributed by atoms with Crippen LogP contribution in [0.1, 0.15) is 69.9 Å². The molecule has 0 fully saturated rings. The Morgan fingerprint density at radius 3 is 1.86 bits per heavy atom. The summed E-state index contributed by atoms with van der Waals surface area (Å²) in [5, 5.41) is 0. The highest BCUT2D eigenvalue weighted by Crippen LogP contribution is 2.22. The summed E-state index contributed by atoms with van der Waals surface area (Å²) in [5.41, 5.74) is 5.70. The molecule has 3 nitrogen and oxygen atoms in total. The van der Waals surface area contributed by atoms with Gasteiger partial charge in [-0.15, -0.1) is 0 Å². The maximum Gasteiger partial charge on any atom is 0.159 e. The van der Waals surface area contributed by atoms with Crippen molar-refractivity contribution in [3.05, 3.63) is 66.1 Å². The molecule has 0 saturated heterocycles. The molecule has 0 saturated carbocycles. The van der Waals surface area contributed by atoms with E-state index in [-0.39, 0.29) is 0 Å². The minimum absolute atomic E-state index is 0.787. The van der Waals surface area contributed by atoms with E-state index in [1.54, 1.807) is 0 Å². The molecular weight excluding hydrogens is 354 g/mol. The van der Waals surface area contributed by atoms with Gasteiger partial charge in [-0.2, -0.15) is 0 Å². The summed E-state index contributed by atoms with van der Waals surface area (Å²) in [7, 11) is 0. The van der Waals surface area contributed by atoms with Crippen molar-refractivity contribution < 1.29 is 0 Å². The topological polar surface area (TPSA) is 38.7 Å². The summed E-state index contributed by atoms with van der Waals surface area (Å²) in [5.74, 6) is 0.787. The Morgan fingerprint density at radius 2 is 1.21 bits per heavy atom. The maximum absolute atomic E-state index is 4.60. The van der Waals surface area contributed by atoms with E-state index in [1.165, 1.54) is 49.7 Å². The lowest BCUT2D eigenvalue weighted by molar-refractivity contribution is 0.607. The number of hydrogen-bond acceptors (Lipinski definition) is 3. The van der Waals surface area contributed by atoms with Crippen LogP contribution in [0, 0.1) is 0 Å². The summed E-state index contributed by atoms with van der Waals surface area (Å²) in [6.07, 6.45) is 17.1. The molecule has 2 aromatic heterocycles. The highest BCUT2D eigenvalue weighted by atomic mass is 14.9. The fourth-order valence-electron chi connectivity index (χ4n) is 3.56. The number of benzene rings is 1. The molecule has 3 aromatic rings. The minimum Gasteiger partial charge on any atom is -0.256 e. The third-order valence-electron chi connectivity index (χ3n) is 5.33. The van der Waals surface area contributed by atoms with Gasteiger partial charge in [0.25, 0.3) is 0 Å². The third-order valence-corrected chi connectivity index (χ3v) is 5.33. The fourth-order valence-corrected chi connectivity index (χ4v) is 3.56. The van der Waals surface area contributed by atoms with Crippen LogP contribution in [0.4, 0.5) is 0 Å². The molecule has 0 aliphatic rings. The average Bonchev–Trinajstić information content (AvgIpc) is 2.78. The first-order chi connectivity index (χ1) is 14.3. The largest absolute Gasteiger partial charge is 0.256 e. The van der Waals surface area contributed by atoms with Crippen LogP contribution in [0.5, 0.6) is 0 Å². The van der Waals surface area contributed by atoms with Gasteiger partial charge in [-0.1, -0.05) is 82.7 Å². The maximum atomic E-state index is 4.60. The van der Waals surface area contributed by atoms with Crippen LogP contribution in [0.25, 0.3) is 22.6 Å². The average molecular weight is 388 g/mol. The Labute approximate surface area is 175 Å². The Kier molecular flexibility index (Phi) is 8.36. The van der Waals surface area contributed by atoms with Crippen molar-refractivity contribution in [2.24, 2.45) is 0 Å². The molecule has 0 bridgehead atoms. The normalized spacial score (nSPS) is 11.0. The monoisotopic (exact) mass is 387 g/mol. The Balaban J connectivity index is 1.55. The van der Waals surface area contributed by atoms with Crippen molar-refractivity contribution in [1.82, 2.24) is 15.0 Å². The van der Waals surface area contributed by atoms with Gasteiger partial charge >= 0.3 is 0 Å². The fraction of sp³-hybridized carbons (Fsp3) is 0.423. The van der Waals surface area contributed by atoms with Crippen LogP contribution < -0.4 is 0 Å². The second-order valence-electron chi connectivity index (χ2n) is 7.81. The van der Waals surface area contributed by atoms with Gasteiger partial charge in [-0.3, -0.25) is 4.98 Å². The van der Waals surface area contributed by atoms with E-state index in [0.29, 0.717) is 0 Å². The van der Waals surface area contributed by atoms with Crippen molar-refractivity contribution in [2.45, 2.75) is 71.6 Å². The zero-order valence-corrected chi connectivity index (χ0v) is 17.9. The smallest absolute Gasteiger partial charge is 0.159 e. The Hall–Kier alpha value is -2.55. The van der Waals surface area contributed by atoms with E-state index >= 15 is 0 Å². The number of aromatic nitrogens is 3. The molecule has 29 heavy (non-hydrogen) atoms. The Morgan fingerprint density at radius 1 is 0.552 bits per heavy atom. The van der Waals surface area contributed by atoms with Crippen LogP contribution in [0.15, 0.2) is 55.0 Å². The second kappa shape index (κ2) is 11.5. The molecule has 2 heterocycles. The van der Waals surface area contributed by atoms with Gasteiger partial charge in [0, 0.05) is 29.7 Å². The molecule has 152 valence electrons. The zero-order valence-electron chi connectivity index (χ0n) is 17.9. The van der Waals surface area contributed by atoms with Crippen molar-refractivity contribution in [2.75, 3.05) is 0 Å². The standard InChI is InChI=1S/C26H33N3/c1-3-5-6-7-8-9-11-22-19-28-26(29-20-22)24-15-13-23(14-16-24)25-17-12-21(10-4-2)18-27-25/h12-20H,3-11H2,1-2H3. The summed E-state index contributed by atoms with van der Waals surface area (Å²) in [6, 6.07) is 12.6. The zero-order chi connectivity index (χ0) is 20.3. The van der Waals surface area contributed by atoms with E-state index in [2.05, 4.69) is 65.2 Å². The molecule has 1 aromatic carbocycles. The molecule has 0 aliphatic carbocycles. The van der Waals surface area contributed by atoms with E-state index < -0.39 is 0 Å². The summed E-state index contributed by atoms with van der Waals surface area (Å²) in [4.78, 5) is 13.8. The lowest BCUT2D eigenvalue weighted by atomic mass is 10.1. The van der Waals surface area contributed by atoms with E-state index in [9.17, 15) is 0 Å². The van der Waals surface area contributed by atoms with Crippen molar-refractivity contribution in [1.29, 1.82) is 0 Å². The van der Waals surface area contributed by atoms with E-state index in [4.69, 9.17) is 0 Å². The van der Waals surface area contributed by atoms with Crippen LogP contribution in [0.3, 0.4) is 0 Å². The summed E-state index contributed by atoms with van der Waals surface area (Å²) < 4.78 is 0. The predicted molar refractivity (Wildman–Crippen MR) is 122 cm³/mol. The predicted octanol–water partition coefficient (Wildman–Crippen LogP) is 7.06. The van der Waals surface area contributed by atoms with Gasteiger partial charge in [0.15, 0.2) is 5.82 Å². The number of pyridine rings is 1. The molecule has 3 heteroatoms. The number of nitrogens with zero attached hydrogens (tertiary/aromatic N) is 3. The first-order valence-corrected chi connectivity index (χ1v) is 11.2. The summed E-state index contributed by atoms with van der Waals surface area (Å²) in [6.45, 7) is 4.45. The lowest BCUT2D eigenvalue weighted by Crippen LogP contribution is -1.93. The van der Waals surface area contributed by atoms with Crippen molar-refractivity contribution >= 4 is 0 Å². The lowest BCUT2D eigenvalue weighted by Gasteiger charge is -2.06. The first kappa shape index (κ1) is 21.2. The third kappa shape index (κ3) is 6.49. The Bertz CT molecular complexity index is 837. The molecular formula is C26H33N3. The van der Waals surface area contributed by atoms with Gasteiger partial charge in [-0.25, -0.2) is 9.97 Å². The number of rotatable bonds is 11. The van der Waals surface area contributed by atoms with Gasteiger partial charge in [-0.05, 0) is 36.5 Å². The van der Waals surface area contributed by atoms with Crippen molar-refractivity contribution in [3.63, 3.8) is 0 Å². The van der Waals surface area contributed by atoms with Crippen LogP contribution in [-0.4, -0.2) is 15.0 Å². The molecule has 0 unspecified atom stereocenters. The molecule has 0 N–H and O–H groups in total. The van der Waals surface area contributed by atoms with Crippen LogP contribution in [0.2, 0.25) is 0 Å². The van der Waals surface area contributed by atoms with Gasteiger partial charge < -0.3 is 0 Å². The minimum atomic E-state index is 0.787. The van der Waals surface area contributed by atoms with Gasteiger partial charge in [0.2, 0.25) is 0 Å². The number of unbranched alkanes of at least 4 members (excludes halogenated alkanes) is 5. The van der Waals surface area contributed by atoms with Crippen LogP contribution in [-0.2, 0) is 12.8 Å². The van der Waals surface area contributed by atoms with Crippen molar-refractivity contribution in [3.8, 4) is 22.6 Å². The number of hydrogen-bond donors (Lipinski definition) is 0. The highest BCUT2D eigenvalue weighted by molar-refractivity contribution is 5.65. The number of aryl methyl sites for hydroxylation is 2.